The van der Waals surface area contributed by atoms with Gasteiger partial charge in [-0.05, 0) is 23.8 Å². The molecule has 0 unspecified atom stereocenters. The van der Waals surface area contributed by atoms with Crippen LogP contribution >= 0.6 is 11.6 Å². The summed E-state index contributed by atoms with van der Waals surface area (Å²) in [5.74, 6) is 1.13. The van der Waals surface area contributed by atoms with Crippen molar-refractivity contribution in [2.45, 2.75) is 6.42 Å². The zero-order chi connectivity index (χ0) is 13.0. The molecule has 0 bridgehead atoms. The van der Waals surface area contributed by atoms with Gasteiger partial charge in [-0.3, -0.25) is 4.98 Å². The van der Waals surface area contributed by atoms with Crippen molar-refractivity contribution < 1.29 is 4.74 Å². The summed E-state index contributed by atoms with van der Waals surface area (Å²) in [5.41, 5.74) is 7.07. The maximum Gasteiger partial charge on any atom is 0.147 e. The fourth-order valence-corrected chi connectivity index (χ4v) is 1.63. The molecule has 0 aliphatic carbocycles. The first-order valence-corrected chi connectivity index (χ1v) is 5.60. The Morgan fingerprint density at radius 2 is 2.11 bits per heavy atom. The van der Waals surface area contributed by atoms with Crippen molar-refractivity contribution in [3.63, 3.8) is 0 Å². The predicted molar refractivity (Wildman–Crippen MR) is 69.5 cm³/mol. The van der Waals surface area contributed by atoms with Gasteiger partial charge in [-0.2, -0.15) is 5.26 Å². The van der Waals surface area contributed by atoms with Crippen LogP contribution in [0.15, 0.2) is 36.7 Å². The molecule has 5 heteroatoms. The number of benzene rings is 1. The van der Waals surface area contributed by atoms with Crippen LogP contribution in [0.2, 0.25) is 5.02 Å². The largest absolute Gasteiger partial charge is 0.456 e. The van der Waals surface area contributed by atoms with E-state index in [9.17, 15) is 0 Å². The van der Waals surface area contributed by atoms with Crippen LogP contribution in [0.4, 0.5) is 5.69 Å². The molecule has 1 aromatic heterocycles. The first-order chi connectivity index (χ1) is 8.69. The summed E-state index contributed by atoms with van der Waals surface area (Å²) in [4.78, 5) is 3.92. The zero-order valence-electron chi connectivity index (χ0n) is 9.43. The molecule has 18 heavy (non-hydrogen) atoms. The van der Waals surface area contributed by atoms with Gasteiger partial charge >= 0.3 is 0 Å². The van der Waals surface area contributed by atoms with Gasteiger partial charge in [-0.15, -0.1) is 0 Å². The highest BCUT2D eigenvalue weighted by molar-refractivity contribution is 6.30. The molecule has 0 spiro atoms. The van der Waals surface area contributed by atoms with Crippen molar-refractivity contribution in [2.24, 2.45) is 0 Å². The summed E-state index contributed by atoms with van der Waals surface area (Å²) in [6.07, 6.45) is 3.33. The van der Waals surface area contributed by atoms with Crippen LogP contribution in [-0.4, -0.2) is 4.98 Å². The number of rotatable bonds is 3. The van der Waals surface area contributed by atoms with Gasteiger partial charge in [0.25, 0.3) is 0 Å². The molecule has 0 saturated carbocycles. The molecular formula is C13H10ClN3O. The minimum absolute atomic E-state index is 0.247. The van der Waals surface area contributed by atoms with Gasteiger partial charge in [0.05, 0.1) is 23.7 Å². The summed E-state index contributed by atoms with van der Waals surface area (Å²) in [7, 11) is 0. The average molecular weight is 260 g/mol. The van der Waals surface area contributed by atoms with E-state index in [4.69, 9.17) is 27.3 Å². The Labute approximate surface area is 110 Å². The minimum atomic E-state index is 0.247. The van der Waals surface area contributed by atoms with E-state index in [1.165, 1.54) is 6.20 Å². The van der Waals surface area contributed by atoms with Crippen LogP contribution in [0.25, 0.3) is 0 Å². The molecule has 2 N–H and O–H groups in total. The lowest BCUT2D eigenvalue weighted by Gasteiger charge is -2.08. The Bertz CT molecular complexity index is 607. The number of aromatic nitrogens is 1. The molecule has 0 atom stereocenters. The number of ether oxygens (including phenoxy) is 1. The molecule has 0 aliphatic heterocycles. The van der Waals surface area contributed by atoms with Crippen LogP contribution in [0.5, 0.6) is 11.5 Å². The Hall–Kier alpha value is -2.25. The van der Waals surface area contributed by atoms with Crippen molar-refractivity contribution >= 4 is 17.3 Å². The monoisotopic (exact) mass is 259 g/mol. The third-order valence-electron chi connectivity index (χ3n) is 2.30. The average Bonchev–Trinajstić information content (AvgIpc) is 2.34. The molecule has 1 heterocycles. The van der Waals surface area contributed by atoms with E-state index in [-0.39, 0.29) is 6.42 Å². The van der Waals surface area contributed by atoms with E-state index in [1.54, 1.807) is 30.5 Å². The lowest BCUT2D eigenvalue weighted by Crippen LogP contribution is -1.94. The predicted octanol–water partition coefficient (Wildman–Crippen LogP) is 3.18. The number of hydrogen-bond acceptors (Lipinski definition) is 4. The summed E-state index contributed by atoms with van der Waals surface area (Å²) in [6.45, 7) is 0. The van der Waals surface area contributed by atoms with Gasteiger partial charge in [0.15, 0.2) is 0 Å². The van der Waals surface area contributed by atoms with Crippen molar-refractivity contribution in [2.75, 3.05) is 5.73 Å². The van der Waals surface area contributed by atoms with E-state index < -0.39 is 0 Å². The Morgan fingerprint density at radius 3 is 2.83 bits per heavy atom. The second-order valence-electron chi connectivity index (χ2n) is 3.64. The van der Waals surface area contributed by atoms with E-state index >= 15 is 0 Å². The summed E-state index contributed by atoms with van der Waals surface area (Å²) in [6, 6.07) is 8.89. The zero-order valence-corrected chi connectivity index (χ0v) is 10.2. The van der Waals surface area contributed by atoms with Gasteiger partial charge in [-0.1, -0.05) is 11.6 Å². The second-order valence-corrected chi connectivity index (χ2v) is 4.07. The SMILES string of the molecule is N#CCc1cc(Oc2cncc(Cl)c2)ccc1N. The molecule has 1 aromatic carbocycles. The van der Waals surface area contributed by atoms with Gasteiger partial charge < -0.3 is 10.5 Å². The maximum atomic E-state index is 8.69. The molecule has 2 aromatic rings. The lowest BCUT2D eigenvalue weighted by molar-refractivity contribution is 0.480. The third-order valence-corrected chi connectivity index (χ3v) is 2.51. The van der Waals surface area contributed by atoms with E-state index in [0.717, 1.165) is 5.56 Å². The molecule has 0 aliphatic rings. The van der Waals surface area contributed by atoms with Crippen LogP contribution in [0.1, 0.15) is 5.56 Å². The smallest absolute Gasteiger partial charge is 0.147 e. The van der Waals surface area contributed by atoms with Crippen LogP contribution in [0, 0.1) is 11.3 Å². The number of nitrogens with two attached hydrogens (primary N) is 1. The highest BCUT2D eigenvalue weighted by atomic mass is 35.5. The quantitative estimate of drug-likeness (QED) is 0.860. The Morgan fingerprint density at radius 1 is 1.28 bits per heavy atom. The molecule has 4 nitrogen and oxygen atoms in total. The highest BCUT2D eigenvalue weighted by Gasteiger charge is 2.03. The summed E-state index contributed by atoms with van der Waals surface area (Å²) >= 11 is 5.81. The molecule has 0 fully saturated rings. The number of halogens is 1. The summed E-state index contributed by atoms with van der Waals surface area (Å²) < 4.78 is 5.59. The summed E-state index contributed by atoms with van der Waals surface area (Å²) in [5, 5.41) is 9.19. The lowest BCUT2D eigenvalue weighted by atomic mass is 10.1. The fourth-order valence-electron chi connectivity index (χ4n) is 1.47. The molecule has 90 valence electrons. The third kappa shape index (κ3) is 2.90. The second kappa shape index (κ2) is 5.39. The normalized spacial score (nSPS) is 9.78. The standard InChI is InChI=1S/C13H10ClN3O/c14-10-6-12(8-17-7-10)18-11-1-2-13(16)9(5-11)3-4-15/h1-2,5-8H,3,16H2. The van der Waals surface area contributed by atoms with Crippen molar-refractivity contribution in [3.8, 4) is 17.6 Å². The first kappa shape index (κ1) is 12.2. The Kier molecular flexibility index (Phi) is 3.66. The number of nitrogens with zero attached hydrogens (tertiary/aromatic N) is 2. The molecule has 0 amide bonds. The number of nitrogen functional groups attached to an aromatic ring is 1. The van der Waals surface area contributed by atoms with Crippen LogP contribution in [0.3, 0.4) is 0 Å². The topological polar surface area (TPSA) is 71.9 Å². The molecule has 0 radical (unpaired) electrons. The number of anilines is 1. The number of pyridine rings is 1. The van der Waals surface area contributed by atoms with E-state index in [0.29, 0.717) is 22.2 Å². The van der Waals surface area contributed by atoms with Crippen molar-refractivity contribution in [1.82, 2.24) is 4.98 Å². The Balaban J connectivity index is 2.24. The molecular weight excluding hydrogens is 250 g/mol. The van der Waals surface area contributed by atoms with Gasteiger partial charge in [0.1, 0.15) is 11.5 Å². The fraction of sp³-hybridized carbons (Fsp3) is 0.0769. The van der Waals surface area contributed by atoms with E-state index in [2.05, 4.69) is 11.1 Å². The maximum absolute atomic E-state index is 8.69. The van der Waals surface area contributed by atoms with Crippen molar-refractivity contribution in [3.05, 3.63) is 47.2 Å². The van der Waals surface area contributed by atoms with E-state index in [1.807, 2.05) is 0 Å². The van der Waals surface area contributed by atoms with Crippen LogP contribution in [-0.2, 0) is 6.42 Å². The van der Waals surface area contributed by atoms with Gasteiger partial charge in [0.2, 0.25) is 0 Å². The first-order valence-electron chi connectivity index (χ1n) is 5.23. The highest BCUT2D eigenvalue weighted by Crippen LogP contribution is 2.26. The number of hydrogen-bond donors (Lipinski definition) is 1. The van der Waals surface area contributed by atoms with Crippen molar-refractivity contribution in [1.29, 1.82) is 5.26 Å². The minimum Gasteiger partial charge on any atom is -0.456 e. The molecule has 2 rings (SSSR count). The molecule has 0 saturated heterocycles. The van der Waals surface area contributed by atoms with Gasteiger partial charge in [0, 0.05) is 18.0 Å². The number of nitriles is 1. The van der Waals surface area contributed by atoms with Crippen LogP contribution < -0.4 is 10.5 Å². The van der Waals surface area contributed by atoms with Gasteiger partial charge in [-0.25, -0.2) is 0 Å².